The number of hydrogen-bond donors (Lipinski definition) is 0. The lowest BCUT2D eigenvalue weighted by Gasteiger charge is -2.43. The van der Waals surface area contributed by atoms with Crippen LogP contribution in [-0.2, 0) is 8.85 Å². The van der Waals surface area contributed by atoms with E-state index in [-0.39, 0.29) is 16.2 Å². The van der Waals surface area contributed by atoms with Crippen LogP contribution in [0.15, 0.2) is 0 Å². The lowest BCUT2D eigenvalue weighted by Crippen LogP contribution is -2.48. The van der Waals surface area contributed by atoms with E-state index in [2.05, 4.69) is 73.8 Å². The molecule has 0 bridgehead atoms. The standard InChI is InChI=1S/C19H41NO2Si2/c1-17(2,3)23(9,10)21-14-13-16(19(7,8)15-20)22-24(11,12)18(4,5)6/h16H,13-14H2,1-12H3. The first-order valence-corrected chi connectivity index (χ1v) is 14.9. The Morgan fingerprint density at radius 3 is 1.58 bits per heavy atom. The van der Waals surface area contributed by atoms with Crippen LogP contribution in [0.1, 0.15) is 61.8 Å². The van der Waals surface area contributed by atoms with Gasteiger partial charge in [0.2, 0.25) is 0 Å². The van der Waals surface area contributed by atoms with Crippen LogP contribution in [0.4, 0.5) is 0 Å². The lowest BCUT2D eigenvalue weighted by atomic mass is 9.87. The molecule has 0 radical (unpaired) electrons. The van der Waals surface area contributed by atoms with Crippen molar-refractivity contribution in [3.63, 3.8) is 0 Å². The summed E-state index contributed by atoms with van der Waals surface area (Å²) in [6.07, 6.45) is 0.688. The third-order valence-electron chi connectivity index (χ3n) is 5.99. The second kappa shape index (κ2) is 7.61. The van der Waals surface area contributed by atoms with Crippen molar-refractivity contribution in [3.8, 4) is 6.07 Å². The van der Waals surface area contributed by atoms with Gasteiger partial charge in [0.15, 0.2) is 16.6 Å². The molecule has 0 saturated heterocycles. The van der Waals surface area contributed by atoms with Crippen LogP contribution >= 0.6 is 0 Å². The van der Waals surface area contributed by atoms with Crippen molar-refractivity contribution < 1.29 is 8.85 Å². The van der Waals surface area contributed by atoms with Crippen molar-refractivity contribution in [1.82, 2.24) is 0 Å². The van der Waals surface area contributed by atoms with Crippen LogP contribution in [-0.4, -0.2) is 29.3 Å². The molecule has 0 amide bonds. The molecule has 0 aromatic heterocycles. The van der Waals surface area contributed by atoms with Gasteiger partial charge in [-0.25, -0.2) is 0 Å². The molecule has 0 aromatic rings. The largest absolute Gasteiger partial charge is 0.417 e. The van der Waals surface area contributed by atoms with Crippen molar-refractivity contribution in [2.45, 2.75) is 104 Å². The molecule has 0 aromatic carbocycles. The van der Waals surface area contributed by atoms with Crippen LogP contribution in [0.2, 0.25) is 36.3 Å². The van der Waals surface area contributed by atoms with E-state index in [1.54, 1.807) is 0 Å². The van der Waals surface area contributed by atoms with Crippen LogP contribution in [0.5, 0.6) is 0 Å². The van der Waals surface area contributed by atoms with Crippen LogP contribution in [0.3, 0.4) is 0 Å². The second-order valence-electron chi connectivity index (χ2n) is 10.6. The monoisotopic (exact) mass is 371 g/mol. The van der Waals surface area contributed by atoms with Crippen LogP contribution < -0.4 is 0 Å². The second-order valence-corrected chi connectivity index (χ2v) is 20.2. The maximum absolute atomic E-state index is 9.61. The zero-order valence-corrected chi connectivity index (χ0v) is 20.3. The topological polar surface area (TPSA) is 42.2 Å². The number of nitriles is 1. The van der Waals surface area contributed by atoms with Gasteiger partial charge in [-0.2, -0.15) is 5.26 Å². The molecule has 24 heavy (non-hydrogen) atoms. The van der Waals surface area contributed by atoms with Gasteiger partial charge in [-0.15, -0.1) is 0 Å². The fourth-order valence-electron chi connectivity index (χ4n) is 1.81. The molecule has 0 heterocycles. The van der Waals surface area contributed by atoms with Gasteiger partial charge in [0.25, 0.3) is 0 Å². The number of rotatable bonds is 7. The molecule has 5 heteroatoms. The molecule has 1 atom stereocenters. The maximum atomic E-state index is 9.61. The molecule has 3 nitrogen and oxygen atoms in total. The van der Waals surface area contributed by atoms with Crippen LogP contribution in [0.25, 0.3) is 0 Å². The van der Waals surface area contributed by atoms with Crippen molar-refractivity contribution >= 4 is 16.6 Å². The molecular formula is C19H41NO2Si2. The zero-order chi connectivity index (χ0) is 19.6. The Kier molecular flexibility index (Phi) is 7.56. The fourth-order valence-corrected chi connectivity index (χ4v) is 4.35. The first-order chi connectivity index (χ1) is 10.4. The minimum atomic E-state index is -1.92. The third-order valence-corrected chi connectivity index (χ3v) is 15.0. The highest BCUT2D eigenvalue weighted by atomic mass is 28.4. The molecule has 1 unspecified atom stereocenters. The fraction of sp³-hybridized carbons (Fsp3) is 0.947. The Balaban J connectivity index is 5.14. The molecule has 0 spiro atoms. The first-order valence-electron chi connectivity index (χ1n) is 9.10. The molecule has 0 fully saturated rings. The van der Waals surface area contributed by atoms with E-state index in [9.17, 15) is 5.26 Å². The Morgan fingerprint density at radius 2 is 1.25 bits per heavy atom. The summed E-state index contributed by atoms with van der Waals surface area (Å²) >= 11 is 0. The Hall–Kier alpha value is -0.156. The molecule has 0 aliphatic rings. The smallest absolute Gasteiger partial charge is 0.192 e. The Morgan fingerprint density at radius 1 is 0.833 bits per heavy atom. The summed E-state index contributed by atoms with van der Waals surface area (Å²) in [5.41, 5.74) is -0.508. The summed E-state index contributed by atoms with van der Waals surface area (Å²) in [6.45, 7) is 27.1. The normalized spacial score (nSPS) is 16.0. The summed E-state index contributed by atoms with van der Waals surface area (Å²) in [4.78, 5) is 0. The molecule has 0 rings (SSSR count). The molecule has 0 aliphatic heterocycles. The summed E-state index contributed by atoms with van der Waals surface area (Å²) in [5.74, 6) is 0. The van der Waals surface area contributed by atoms with E-state index in [1.807, 2.05) is 13.8 Å². The van der Waals surface area contributed by atoms with E-state index in [0.29, 0.717) is 6.61 Å². The van der Waals surface area contributed by atoms with E-state index in [0.717, 1.165) is 6.42 Å². The average Bonchev–Trinajstić information content (AvgIpc) is 2.34. The van der Waals surface area contributed by atoms with Crippen molar-refractivity contribution in [2.75, 3.05) is 6.61 Å². The summed E-state index contributed by atoms with van der Waals surface area (Å²) in [7, 11) is -3.69. The summed E-state index contributed by atoms with van der Waals surface area (Å²) < 4.78 is 12.9. The first kappa shape index (κ1) is 23.8. The Bertz CT molecular complexity index is 451. The van der Waals surface area contributed by atoms with Gasteiger partial charge in [-0.1, -0.05) is 41.5 Å². The third kappa shape index (κ3) is 6.29. The van der Waals surface area contributed by atoms with Gasteiger partial charge in [0.1, 0.15) is 0 Å². The zero-order valence-electron chi connectivity index (χ0n) is 18.3. The number of nitrogens with zero attached hydrogens (tertiary/aromatic N) is 1. The molecule has 0 N–H and O–H groups in total. The predicted molar refractivity (Wildman–Crippen MR) is 109 cm³/mol. The summed E-state index contributed by atoms with van der Waals surface area (Å²) in [5, 5.41) is 9.94. The average molecular weight is 372 g/mol. The lowest BCUT2D eigenvalue weighted by molar-refractivity contribution is 0.0713. The minimum Gasteiger partial charge on any atom is -0.417 e. The van der Waals surface area contributed by atoms with Gasteiger partial charge in [-0.3, -0.25) is 0 Å². The highest BCUT2D eigenvalue weighted by molar-refractivity contribution is 6.74. The van der Waals surface area contributed by atoms with Gasteiger partial charge < -0.3 is 8.85 Å². The maximum Gasteiger partial charge on any atom is 0.192 e. The molecular weight excluding hydrogens is 330 g/mol. The molecule has 142 valence electrons. The van der Waals surface area contributed by atoms with Gasteiger partial charge in [0, 0.05) is 6.61 Å². The summed E-state index contributed by atoms with van der Waals surface area (Å²) in [6, 6.07) is 2.45. The van der Waals surface area contributed by atoms with Gasteiger partial charge >= 0.3 is 0 Å². The molecule has 0 aliphatic carbocycles. The highest BCUT2D eigenvalue weighted by Crippen LogP contribution is 2.41. The van der Waals surface area contributed by atoms with Crippen molar-refractivity contribution in [3.05, 3.63) is 0 Å². The van der Waals surface area contributed by atoms with Crippen LogP contribution in [0, 0.1) is 16.7 Å². The Labute approximate surface area is 153 Å². The van der Waals surface area contributed by atoms with Gasteiger partial charge in [-0.05, 0) is 56.5 Å². The highest BCUT2D eigenvalue weighted by Gasteiger charge is 2.43. The van der Waals surface area contributed by atoms with Gasteiger partial charge in [0.05, 0.1) is 17.6 Å². The quantitative estimate of drug-likeness (QED) is 0.490. The minimum absolute atomic E-state index is 0.0897. The van der Waals surface area contributed by atoms with Crippen molar-refractivity contribution in [1.29, 1.82) is 5.26 Å². The van der Waals surface area contributed by atoms with E-state index >= 15 is 0 Å². The SMILES string of the molecule is CC(C)(C#N)C(CCO[Si](C)(C)C(C)(C)C)O[Si](C)(C)C(C)(C)C. The number of hydrogen-bond acceptors (Lipinski definition) is 3. The van der Waals surface area contributed by atoms with E-state index in [1.165, 1.54) is 0 Å². The molecule has 0 saturated carbocycles. The van der Waals surface area contributed by atoms with Crippen molar-refractivity contribution in [2.24, 2.45) is 5.41 Å². The van der Waals surface area contributed by atoms with E-state index < -0.39 is 22.0 Å². The predicted octanol–water partition coefficient (Wildman–Crippen LogP) is 6.34. The van der Waals surface area contributed by atoms with E-state index in [4.69, 9.17) is 8.85 Å².